The summed E-state index contributed by atoms with van der Waals surface area (Å²) in [6, 6.07) is 18.1. The summed E-state index contributed by atoms with van der Waals surface area (Å²) in [5.74, 6) is 0.528. The van der Waals surface area contributed by atoms with Gasteiger partial charge in [-0.1, -0.05) is 30.3 Å². The van der Waals surface area contributed by atoms with E-state index in [1.54, 1.807) is 7.11 Å². The number of nitrogens with zero attached hydrogens (tertiary/aromatic N) is 2. The lowest BCUT2D eigenvalue weighted by atomic mass is 9.98. The van der Waals surface area contributed by atoms with Gasteiger partial charge in [0.2, 0.25) is 0 Å². The van der Waals surface area contributed by atoms with Crippen molar-refractivity contribution in [3.05, 3.63) is 60.2 Å². The zero-order chi connectivity index (χ0) is 23.0. The van der Waals surface area contributed by atoms with E-state index in [9.17, 15) is 9.90 Å². The molecule has 0 saturated carbocycles. The number of anilines is 1. The molecule has 1 amide bonds. The maximum Gasteiger partial charge on any atom is 0.252 e. The molecule has 2 saturated heterocycles. The predicted molar refractivity (Wildman–Crippen MR) is 128 cm³/mol. The summed E-state index contributed by atoms with van der Waals surface area (Å²) >= 11 is 0. The zero-order valence-electron chi connectivity index (χ0n) is 19.4. The summed E-state index contributed by atoms with van der Waals surface area (Å²) in [5, 5.41) is 13.3. The van der Waals surface area contributed by atoms with Crippen LogP contribution in [0.25, 0.3) is 0 Å². The van der Waals surface area contributed by atoms with Crippen molar-refractivity contribution in [1.29, 1.82) is 0 Å². The van der Waals surface area contributed by atoms with Crippen LogP contribution in [-0.4, -0.2) is 74.1 Å². The van der Waals surface area contributed by atoms with Crippen molar-refractivity contribution in [3.63, 3.8) is 0 Å². The van der Waals surface area contributed by atoms with Gasteiger partial charge in [0.25, 0.3) is 5.91 Å². The number of piperazine rings is 1. The van der Waals surface area contributed by atoms with Crippen LogP contribution in [0.4, 0.5) is 5.69 Å². The fraction of sp³-hybridized carbons (Fsp3) is 0.500. The molecule has 2 aromatic rings. The second-order valence-electron chi connectivity index (χ2n) is 8.84. The van der Waals surface area contributed by atoms with E-state index in [2.05, 4.69) is 39.4 Å². The molecule has 2 N–H and O–H groups in total. The number of aliphatic hydroxyl groups is 1. The first-order chi connectivity index (χ1) is 16.1. The van der Waals surface area contributed by atoms with E-state index >= 15 is 0 Å². The SMILES string of the molecule is COc1ccc(CNC(=O)[C@@H]2O[C@H](CCN3CCN(c4ccccc4)CC3)CC[C@@H]2O)cc1. The lowest BCUT2D eigenvalue weighted by Gasteiger charge is -2.38. The van der Waals surface area contributed by atoms with Crippen molar-refractivity contribution in [2.75, 3.05) is 44.7 Å². The van der Waals surface area contributed by atoms with E-state index in [4.69, 9.17) is 9.47 Å². The minimum Gasteiger partial charge on any atom is -0.497 e. The van der Waals surface area contributed by atoms with Crippen LogP contribution in [0.3, 0.4) is 0 Å². The van der Waals surface area contributed by atoms with E-state index in [1.807, 2.05) is 30.3 Å². The third kappa shape index (κ3) is 6.47. The number of benzene rings is 2. The molecule has 2 aliphatic heterocycles. The number of para-hydroxylation sites is 1. The number of carbonyl (C=O) groups excluding carboxylic acids is 1. The van der Waals surface area contributed by atoms with Crippen LogP contribution in [0.1, 0.15) is 24.8 Å². The summed E-state index contributed by atoms with van der Waals surface area (Å²) in [7, 11) is 1.62. The number of nitrogens with one attached hydrogen (secondary N) is 1. The van der Waals surface area contributed by atoms with Crippen LogP contribution >= 0.6 is 0 Å². The van der Waals surface area contributed by atoms with E-state index < -0.39 is 12.2 Å². The van der Waals surface area contributed by atoms with Gasteiger partial charge in [-0.15, -0.1) is 0 Å². The highest BCUT2D eigenvalue weighted by Gasteiger charge is 2.35. The number of aliphatic hydroxyl groups excluding tert-OH is 1. The number of amides is 1. The minimum atomic E-state index is -0.808. The molecule has 0 aromatic heterocycles. The van der Waals surface area contributed by atoms with Gasteiger partial charge in [-0.25, -0.2) is 0 Å². The van der Waals surface area contributed by atoms with Crippen LogP contribution in [0.2, 0.25) is 0 Å². The average molecular weight is 454 g/mol. The van der Waals surface area contributed by atoms with Gasteiger partial charge in [-0.2, -0.15) is 0 Å². The van der Waals surface area contributed by atoms with Crippen molar-refractivity contribution >= 4 is 11.6 Å². The zero-order valence-corrected chi connectivity index (χ0v) is 19.4. The monoisotopic (exact) mass is 453 g/mol. The molecule has 4 rings (SSSR count). The third-order valence-electron chi connectivity index (χ3n) is 6.62. The molecule has 33 heavy (non-hydrogen) atoms. The van der Waals surface area contributed by atoms with Gasteiger partial charge in [0, 0.05) is 45.0 Å². The first-order valence-corrected chi connectivity index (χ1v) is 11.9. The Balaban J connectivity index is 1.20. The summed E-state index contributed by atoms with van der Waals surface area (Å²) in [5.41, 5.74) is 2.26. The van der Waals surface area contributed by atoms with Crippen molar-refractivity contribution in [1.82, 2.24) is 10.2 Å². The molecule has 0 unspecified atom stereocenters. The van der Waals surface area contributed by atoms with E-state index in [-0.39, 0.29) is 12.0 Å². The van der Waals surface area contributed by atoms with E-state index in [0.29, 0.717) is 13.0 Å². The summed E-state index contributed by atoms with van der Waals surface area (Å²) in [6.07, 6.45) is 0.682. The Hall–Kier alpha value is -2.61. The molecule has 0 bridgehead atoms. The first kappa shape index (κ1) is 23.5. The third-order valence-corrected chi connectivity index (χ3v) is 6.62. The molecular formula is C26H35N3O4. The average Bonchev–Trinajstić information content (AvgIpc) is 2.88. The predicted octanol–water partition coefficient (Wildman–Crippen LogP) is 2.43. The first-order valence-electron chi connectivity index (χ1n) is 11.9. The van der Waals surface area contributed by atoms with E-state index in [1.165, 1.54) is 5.69 Å². The Labute approximate surface area is 196 Å². The van der Waals surface area contributed by atoms with Crippen LogP contribution in [-0.2, 0) is 16.1 Å². The number of ether oxygens (including phenoxy) is 2. The topological polar surface area (TPSA) is 74.3 Å². The summed E-state index contributed by atoms with van der Waals surface area (Å²) in [6.45, 7) is 5.43. The molecule has 2 aromatic carbocycles. The number of rotatable bonds is 8. The summed E-state index contributed by atoms with van der Waals surface area (Å²) < 4.78 is 11.2. The van der Waals surface area contributed by atoms with Crippen molar-refractivity contribution in [2.24, 2.45) is 0 Å². The van der Waals surface area contributed by atoms with Crippen LogP contribution in [0.5, 0.6) is 5.75 Å². The molecule has 2 fully saturated rings. The van der Waals surface area contributed by atoms with Crippen LogP contribution < -0.4 is 15.0 Å². The lowest BCUT2D eigenvalue weighted by Crippen LogP contribution is -2.50. The van der Waals surface area contributed by atoms with Crippen molar-refractivity contribution < 1.29 is 19.4 Å². The van der Waals surface area contributed by atoms with Gasteiger partial charge in [0.05, 0.1) is 19.3 Å². The fourth-order valence-electron chi connectivity index (χ4n) is 4.55. The van der Waals surface area contributed by atoms with Gasteiger partial charge < -0.3 is 24.8 Å². The highest BCUT2D eigenvalue weighted by Crippen LogP contribution is 2.23. The quantitative estimate of drug-likeness (QED) is 0.640. The molecule has 3 atom stereocenters. The molecule has 0 spiro atoms. The van der Waals surface area contributed by atoms with Crippen molar-refractivity contribution in [3.8, 4) is 5.75 Å². The van der Waals surface area contributed by atoms with Gasteiger partial charge in [0.1, 0.15) is 5.75 Å². The Bertz CT molecular complexity index is 869. The van der Waals surface area contributed by atoms with Crippen LogP contribution in [0.15, 0.2) is 54.6 Å². The molecule has 7 nitrogen and oxygen atoms in total. The second-order valence-corrected chi connectivity index (χ2v) is 8.84. The van der Waals surface area contributed by atoms with Gasteiger partial charge in [-0.05, 0) is 49.1 Å². The standard InChI is InChI=1S/C26H35N3O4/c1-32-22-9-7-20(8-10-22)19-27-26(31)25-24(30)12-11-23(33-25)13-14-28-15-17-29(18-16-28)21-5-3-2-4-6-21/h2-10,23-25,30H,11-19H2,1H3,(H,27,31)/t23-,24-,25+/m0/s1. The molecule has 2 heterocycles. The van der Waals surface area contributed by atoms with Gasteiger partial charge in [0.15, 0.2) is 6.10 Å². The fourth-order valence-corrected chi connectivity index (χ4v) is 4.55. The molecule has 178 valence electrons. The largest absolute Gasteiger partial charge is 0.497 e. The Morgan fingerprint density at radius 3 is 2.48 bits per heavy atom. The van der Waals surface area contributed by atoms with Crippen LogP contribution in [0, 0.1) is 0 Å². The smallest absolute Gasteiger partial charge is 0.252 e. The molecule has 0 aliphatic carbocycles. The Morgan fingerprint density at radius 1 is 1.06 bits per heavy atom. The highest BCUT2D eigenvalue weighted by atomic mass is 16.5. The number of hydrogen-bond acceptors (Lipinski definition) is 6. The molecular weight excluding hydrogens is 418 g/mol. The number of methoxy groups -OCH3 is 1. The van der Waals surface area contributed by atoms with Crippen molar-refractivity contribution in [2.45, 2.75) is 44.1 Å². The second kappa shape index (κ2) is 11.5. The highest BCUT2D eigenvalue weighted by molar-refractivity contribution is 5.81. The molecule has 7 heteroatoms. The summed E-state index contributed by atoms with van der Waals surface area (Å²) in [4.78, 5) is 17.6. The maximum absolute atomic E-state index is 12.7. The Morgan fingerprint density at radius 2 is 1.79 bits per heavy atom. The van der Waals surface area contributed by atoms with Gasteiger partial charge in [-0.3, -0.25) is 9.69 Å². The molecule has 2 aliphatic rings. The molecule has 0 radical (unpaired) electrons. The number of hydrogen-bond donors (Lipinski definition) is 2. The minimum absolute atomic E-state index is 0.00251. The normalized spacial score (nSPS) is 23.8. The Kier molecular flexibility index (Phi) is 8.20. The maximum atomic E-state index is 12.7. The van der Waals surface area contributed by atoms with Gasteiger partial charge >= 0.3 is 0 Å². The van der Waals surface area contributed by atoms with E-state index in [0.717, 1.165) is 56.9 Å². The lowest BCUT2D eigenvalue weighted by molar-refractivity contribution is -0.158. The number of carbonyl (C=O) groups is 1.